The third-order valence-corrected chi connectivity index (χ3v) is 5.58. The quantitative estimate of drug-likeness (QED) is 0.209. The van der Waals surface area contributed by atoms with Crippen LogP contribution in [0.2, 0.25) is 0 Å². The smallest absolute Gasteiger partial charge is 0.238 e. The third-order valence-electron chi connectivity index (χ3n) is 5.58. The molecule has 13 nitrogen and oxygen atoms in total. The molecule has 0 bridgehead atoms. The molecule has 8 N–H and O–H groups in total. The summed E-state index contributed by atoms with van der Waals surface area (Å²) in [6.07, 6.45) is -8.07. The second kappa shape index (κ2) is 9.13. The Kier molecular flexibility index (Phi) is 6.36. The molecule has 5 atom stereocenters. The van der Waals surface area contributed by atoms with Crippen LogP contribution in [0.15, 0.2) is 33.5 Å². The summed E-state index contributed by atoms with van der Waals surface area (Å²) < 4.78 is 21.8. The van der Waals surface area contributed by atoms with Crippen LogP contribution in [-0.4, -0.2) is 85.3 Å². The summed E-state index contributed by atoms with van der Waals surface area (Å²) in [7, 11) is 1.17. The number of benzene rings is 2. The highest BCUT2D eigenvalue weighted by atomic mass is 16.7. The number of hydrogen-bond donors (Lipinski definition) is 8. The van der Waals surface area contributed by atoms with E-state index in [1.165, 1.54) is 13.2 Å². The summed E-state index contributed by atoms with van der Waals surface area (Å²) in [5.41, 5.74) is -1.44. The van der Waals surface area contributed by atoms with E-state index in [2.05, 4.69) is 0 Å². The van der Waals surface area contributed by atoms with Crippen LogP contribution in [0.3, 0.4) is 0 Å². The molecule has 35 heavy (non-hydrogen) atoms. The zero-order chi connectivity index (χ0) is 25.6. The first kappa shape index (κ1) is 24.4. The number of phenolic OH excluding ortho intramolecular Hbond substituents is 3. The number of aromatic hydroxyl groups is 4. The van der Waals surface area contributed by atoms with Gasteiger partial charge in [-0.05, 0) is 18.2 Å². The van der Waals surface area contributed by atoms with Crippen LogP contribution in [0, 0.1) is 0 Å². The van der Waals surface area contributed by atoms with Crippen molar-refractivity contribution in [2.24, 2.45) is 0 Å². The van der Waals surface area contributed by atoms with Gasteiger partial charge in [-0.1, -0.05) is 0 Å². The Morgan fingerprint density at radius 1 is 0.943 bits per heavy atom. The van der Waals surface area contributed by atoms with E-state index in [-0.39, 0.29) is 17.1 Å². The van der Waals surface area contributed by atoms with Gasteiger partial charge in [0.1, 0.15) is 35.6 Å². The summed E-state index contributed by atoms with van der Waals surface area (Å²) in [4.78, 5) is 12.8. The average molecular weight is 494 g/mol. The molecule has 0 saturated carbocycles. The van der Waals surface area contributed by atoms with Gasteiger partial charge in [0.15, 0.2) is 28.6 Å². The van der Waals surface area contributed by atoms with E-state index < -0.39 is 82.5 Å². The van der Waals surface area contributed by atoms with Crippen molar-refractivity contribution in [2.75, 3.05) is 13.7 Å². The molecular weight excluding hydrogens is 472 g/mol. The number of methoxy groups -OCH3 is 1. The normalized spacial score (nSPS) is 24.4. The van der Waals surface area contributed by atoms with E-state index in [4.69, 9.17) is 18.6 Å². The van der Waals surface area contributed by atoms with Crippen LogP contribution >= 0.6 is 0 Å². The van der Waals surface area contributed by atoms with Gasteiger partial charge in [0.2, 0.25) is 23.2 Å². The van der Waals surface area contributed by atoms with Crippen molar-refractivity contribution < 1.29 is 59.5 Å². The average Bonchev–Trinajstić information content (AvgIpc) is 2.83. The molecule has 3 aromatic rings. The van der Waals surface area contributed by atoms with Gasteiger partial charge in [0.25, 0.3) is 0 Å². The number of phenols is 3. The Morgan fingerprint density at radius 3 is 2.29 bits per heavy atom. The second-order valence-corrected chi connectivity index (χ2v) is 7.76. The minimum absolute atomic E-state index is 0.00130. The molecule has 188 valence electrons. The number of aliphatic hydroxyl groups is 4. The van der Waals surface area contributed by atoms with Crippen LogP contribution in [0.4, 0.5) is 0 Å². The maximum atomic E-state index is 12.8. The molecule has 0 spiro atoms. The van der Waals surface area contributed by atoms with Crippen LogP contribution in [0.5, 0.6) is 34.5 Å². The molecule has 0 amide bonds. The molecule has 1 saturated heterocycles. The lowest BCUT2D eigenvalue weighted by atomic mass is 9.99. The fourth-order valence-electron chi connectivity index (χ4n) is 3.72. The lowest BCUT2D eigenvalue weighted by Crippen LogP contribution is -2.60. The van der Waals surface area contributed by atoms with Gasteiger partial charge >= 0.3 is 0 Å². The summed E-state index contributed by atoms with van der Waals surface area (Å²) in [5, 5.41) is 79.3. The largest absolute Gasteiger partial charge is 0.507 e. The molecular formula is C22H22O13. The molecule has 0 unspecified atom stereocenters. The maximum absolute atomic E-state index is 12.8. The van der Waals surface area contributed by atoms with Crippen LogP contribution in [-0.2, 0) is 4.74 Å². The van der Waals surface area contributed by atoms with Gasteiger partial charge in [-0.25, -0.2) is 0 Å². The Morgan fingerprint density at radius 2 is 1.66 bits per heavy atom. The van der Waals surface area contributed by atoms with Crippen LogP contribution in [0.1, 0.15) is 0 Å². The molecule has 0 radical (unpaired) electrons. The van der Waals surface area contributed by atoms with Gasteiger partial charge in [-0.3, -0.25) is 4.79 Å². The van der Waals surface area contributed by atoms with E-state index in [9.17, 15) is 45.6 Å². The maximum Gasteiger partial charge on any atom is 0.238 e. The van der Waals surface area contributed by atoms with Crippen molar-refractivity contribution in [3.63, 3.8) is 0 Å². The predicted molar refractivity (Wildman–Crippen MR) is 116 cm³/mol. The van der Waals surface area contributed by atoms with Crippen LogP contribution < -0.4 is 14.9 Å². The molecule has 13 heteroatoms. The molecule has 1 fully saturated rings. The second-order valence-electron chi connectivity index (χ2n) is 7.76. The molecule has 2 heterocycles. The Balaban J connectivity index is 1.86. The van der Waals surface area contributed by atoms with E-state index in [0.29, 0.717) is 0 Å². The summed E-state index contributed by atoms with van der Waals surface area (Å²) in [5.74, 6) is -3.65. The first-order chi connectivity index (χ1) is 16.6. The van der Waals surface area contributed by atoms with Crippen molar-refractivity contribution in [1.29, 1.82) is 0 Å². The zero-order valence-electron chi connectivity index (χ0n) is 18.0. The van der Waals surface area contributed by atoms with Crippen molar-refractivity contribution in [3.8, 4) is 45.8 Å². The predicted octanol–water partition coefficient (Wildman–Crippen LogP) is -0.530. The highest BCUT2D eigenvalue weighted by Crippen LogP contribution is 2.44. The summed E-state index contributed by atoms with van der Waals surface area (Å²) >= 11 is 0. The monoisotopic (exact) mass is 494 g/mol. The highest BCUT2D eigenvalue weighted by molar-refractivity contribution is 5.93. The molecule has 2 aromatic carbocycles. The topological polar surface area (TPSA) is 220 Å². The Bertz CT molecular complexity index is 1320. The van der Waals surface area contributed by atoms with Crippen molar-refractivity contribution in [2.45, 2.75) is 30.7 Å². The van der Waals surface area contributed by atoms with Crippen molar-refractivity contribution in [3.05, 3.63) is 34.5 Å². The summed E-state index contributed by atoms with van der Waals surface area (Å²) in [6.45, 7) is -0.706. The van der Waals surface area contributed by atoms with Gasteiger partial charge in [-0.15, -0.1) is 0 Å². The minimum atomic E-state index is -1.78. The number of hydrogen-bond acceptors (Lipinski definition) is 13. The zero-order valence-corrected chi connectivity index (χ0v) is 18.0. The fraction of sp³-hybridized carbons (Fsp3) is 0.318. The van der Waals surface area contributed by atoms with Gasteiger partial charge in [0.05, 0.1) is 13.7 Å². The van der Waals surface area contributed by atoms with E-state index >= 15 is 0 Å². The van der Waals surface area contributed by atoms with Gasteiger partial charge in [-0.2, -0.15) is 0 Å². The molecule has 1 aromatic heterocycles. The van der Waals surface area contributed by atoms with Gasteiger partial charge in [0, 0.05) is 11.6 Å². The minimum Gasteiger partial charge on any atom is -0.507 e. The number of rotatable bonds is 5. The standard InChI is InChI=1S/C22H22O13/c1-32-20-11(33-22-18(31)16(29)14(27)12(6-23)34-22)5-10(26)13-15(28)17(30)19(35-21(13)20)7-2-3-8(24)9(25)4-7/h2-5,12,14,16,18,22-27,29-31H,6H2,1H3/t12-,14-,16+,18-,22-/m1/s1. The van der Waals surface area contributed by atoms with Crippen LogP contribution in [0.25, 0.3) is 22.3 Å². The lowest BCUT2D eigenvalue weighted by Gasteiger charge is -2.39. The lowest BCUT2D eigenvalue weighted by molar-refractivity contribution is -0.277. The van der Waals surface area contributed by atoms with E-state index in [1.54, 1.807) is 0 Å². The Hall–Kier alpha value is -3.75. The number of aliphatic hydroxyl groups excluding tert-OH is 4. The third kappa shape index (κ3) is 4.05. The highest BCUT2D eigenvalue weighted by Gasteiger charge is 2.45. The summed E-state index contributed by atoms with van der Waals surface area (Å²) in [6, 6.07) is 4.30. The molecule has 1 aliphatic rings. The van der Waals surface area contributed by atoms with E-state index in [1.807, 2.05) is 0 Å². The van der Waals surface area contributed by atoms with E-state index in [0.717, 1.165) is 18.2 Å². The molecule has 1 aliphatic heterocycles. The Labute approximate surface area is 195 Å². The molecule has 0 aliphatic carbocycles. The van der Waals surface area contributed by atoms with Gasteiger partial charge < -0.3 is 59.5 Å². The number of fused-ring (bicyclic) bond motifs is 1. The first-order valence-electron chi connectivity index (χ1n) is 10.2. The first-order valence-corrected chi connectivity index (χ1v) is 10.2. The SMILES string of the molecule is COc1c(O[C@@H]2O[C@H](CO)[C@@H](O)[C@H](O)[C@H]2O)cc(O)c2c(=O)c(O)c(-c3ccc(O)c(O)c3)oc12. The number of ether oxygens (including phenoxy) is 3. The van der Waals surface area contributed by atoms with Crippen molar-refractivity contribution >= 4 is 11.0 Å². The molecule has 4 rings (SSSR count). The van der Waals surface area contributed by atoms with Crippen molar-refractivity contribution in [1.82, 2.24) is 0 Å². The fourth-order valence-corrected chi connectivity index (χ4v) is 3.72.